The molecule has 148 valence electrons. The van der Waals surface area contributed by atoms with Crippen LogP contribution >= 0.6 is 0 Å². The highest BCUT2D eigenvalue weighted by atomic mass is 16.5. The van der Waals surface area contributed by atoms with Gasteiger partial charge in [-0.1, -0.05) is 42.5 Å². The summed E-state index contributed by atoms with van der Waals surface area (Å²) in [5.41, 5.74) is 1.63. The van der Waals surface area contributed by atoms with E-state index in [1.54, 1.807) is 18.2 Å². The highest BCUT2D eigenvalue weighted by Gasteiger charge is 2.33. The Morgan fingerprint density at radius 2 is 1.70 bits per heavy atom. The van der Waals surface area contributed by atoms with Gasteiger partial charge in [0.25, 0.3) is 0 Å². The van der Waals surface area contributed by atoms with Crippen molar-refractivity contribution in [2.75, 3.05) is 0 Å². The second-order valence-corrected chi connectivity index (χ2v) is 7.18. The average molecular weight is 400 g/mol. The highest BCUT2D eigenvalue weighted by Crippen LogP contribution is 2.46. The van der Waals surface area contributed by atoms with Gasteiger partial charge in [0.15, 0.2) is 5.43 Å². The van der Waals surface area contributed by atoms with Crippen LogP contribution in [0.1, 0.15) is 23.5 Å². The monoisotopic (exact) mass is 400 g/mol. The smallest absolute Gasteiger partial charge is 0.312 e. The second kappa shape index (κ2) is 6.77. The van der Waals surface area contributed by atoms with Crippen molar-refractivity contribution >= 4 is 16.9 Å². The van der Waals surface area contributed by atoms with Crippen molar-refractivity contribution in [3.05, 3.63) is 88.1 Å². The van der Waals surface area contributed by atoms with Gasteiger partial charge in [0, 0.05) is 29.2 Å². The van der Waals surface area contributed by atoms with E-state index in [2.05, 4.69) is 0 Å². The van der Waals surface area contributed by atoms with Crippen LogP contribution in [0.3, 0.4) is 0 Å². The molecule has 30 heavy (non-hydrogen) atoms. The molecular formula is C24H16O6. The molecule has 0 fully saturated rings. The van der Waals surface area contributed by atoms with E-state index >= 15 is 0 Å². The molecule has 2 heterocycles. The van der Waals surface area contributed by atoms with Crippen molar-refractivity contribution in [3.8, 4) is 28.6 Å². The van der Waals surface area contributed by atoms with Crippen LogP contribution < -0.4 is 10.2 Å². The zero-order valence-electron chi connectivity index (χ0n) is 15.7. The van der Waals surface area contributed by atoms with Gasteiger partial charge in [-0.2, -0.15) is 0 Å². The van der Waals surface area contributed by atoms with E-state index in [-0.39, 0.29) is 34.6 Å². The number of hydrogen-bond acceptors (Lipinski definition) is 6. The Labute approximate surface area is 170 Å². The molecule has 0 radical (unpaired) electrons. The topological polar surface area (TPSA) is 97.0 Å². The zero-order chi connectivity index (χ0) is 20.8. The fraction of sp³-hybridized carbons (Fsp3) is 0.0833. The zero-order valence-corrected chi connectivity index (χ0v) is 15.7. The molecule has 0 saturated carbocycles. The summed E-state index contributed by atoms with van der Waals surface area (Å²) in [6.45, 7) is 0. The van der Waals surface area contributed by atoms with Crippen molar-refractivity contribution in [2.45, 2.75) is 12.3 Å². The number of esters is 1. The van der Waals surface area contributed by atoms with Crippen LogP contribution in [0.5, 0.6) is 17.2 Å². The number of aromatic hydroxyl groups is 2. The minimum Gasteiger partial charge on any atom is -0.508 e. The molecule has 1 atom stereocenters. The first kappa shape index (κ1) is 18.0. The standard InChI is InChI=1S/C24H16O6/c25-15-8-4-7-14(9-15)16-10-21(28)29-20-12-18(27)23-17(26)11-19(30-24(23)22(16)20)13-5-2-1-3-6-13/h1-9,11-12,16,25,27H,10H2/t16-/m0/s1. The lowest BCUT2D eigenvalue weighted by Crippen LogP contribution is -2.22. The number of carbonyl (C=O) groups is 1. The first-order valence-electron chi connectivity index (χ1n) is 9.40. The van der Waals surface area contributed by atoms with Crippen molar-refractivity contribution < 1.29 is 24.2 Å². The number of rotatable bonds is 2. The molecule has 0 spiro atoms. The van der Waals surface area contributed by atoms with Crippen LogP contribution in [0.4, 0.5) is 0 Å². The molecule has 0 aliphatic carbocycles. The first-order chi connectivity index (χ1) is 14.5. The molecule has 3 aromatic carbocycles. The molecule has 0 amide bonds. The molecule has 5 rings (SSSR count). The van der Waals surface area contributed by atoms with Crippen LogP contribution in [0.2, 0.25) is 0 Å². The lowest BCUT2D eigenvalue weighted by atomic mass is 9.85. The predicted molar refractivity (Wildman–Crippen MR) is 110 cm³/mol. The van der Waals surface area contributed by atoms with Gasteiger partial charge in [-0.25, -0.2) is 0 Å². The molecule has 1 aromatic heterocycles. The van der Waals surface area contributed by atoms with E-state index in [1.807, 2.05) is 30.3 Å². The Balaban J connectivity index is 1.84. The molecule has 1 aliphatic heterocycles. The van der Waals surface area contributed by atoms with Crippen molar-refractivity contribution in [3.63, 3.8) is 0 Å². The molecule has 0 saturated heterocycles. The molecule has 6 nitrogen and oxygen atoms in total. The Hall–Kier alpha value is -4.06. The largest absolute Gasteiger partial charge is 0.508 e. The van der Waals surface area contributed by atoms with E-state index in [1.165, 1.54) is 18.2 Å². The Kier molecular flexibility index (Phi) is 4.06. The van der Waals surface area contributed by atoms with Gasteiger partial charge < -0.3 is 19.4 Å². The number of phenols is 2. The highest BCUT2D eigenvalue weighted by molar-refractivity contribution is 5.93. The van der Waals surface area contributed by atoms with E-state index < -0.39 is 17.3 Å². The summed E-state index contributed by atoms with van der Waals surface area (Å²) in [4.78, 5) is 25.1. The third kappa shape index (κ3) is 2.90. The Morgan fingerprint density at radius 1 is 0.900 bits per heavy atom. The minimum absolute atomic E-state index is 0.00953. The normalized spacial score (nSPS) is 15.6. The summed E-state index contributed by atoms with van der Waals surface area (Å²) in [5.74, 6) is -0.767. The van der Waals surface area contributed by atoms with Gasteiger partial charge in [0.05, 0.1) is 6.42 Å². The van der Waals surface area contributed by atoms with Crippen LogP contribution in [0.25, 0.3) is 22.3 Å². The van der Waals surface area contributed by atoms with Crippen molar-refractivity contribution in [1.29, 1.82) is 0 Å². The van der Waals surface area contributed by atoms with Gasteiger partial charge in [0.2, 0.25) is 0 Å². The molecule has 0 bridgehead atoms. The summed E-state index contributed by atoms with van der Waals surface area (Å²) in [5, 5.41) is 20.4. The first-order valence-corrected chi connectivity index (χ1v) is 9.40. The van der Waals surface area contributed by atoms with Gasteiger partial charge in [-0.05, 0) is 17.7 Å². The van der Waals surface area contributed by atoms with Crippen LogP contribution in [0, 0.1) is 0 Å². The van der Waals surface area contributed by atoms with Crippen LogP contribution in [-0.4, -0.2) is 16.2 Å². The predicted octanol–water partition coefficient (Wildman–Crippen LogP) is 4.31. The average Bonchev–Trinajstić information content (AvgIpc) is 2.73. The SMILES string of the molecule is O=C1C[C@@H](c2cccc(O)c2)c2c(cc(O)c3c(=O)cc(-c4ccccc4)oc23)O1. The number of phenolic OH excluding ortho intramolecular Hbond substituents is 2. The maximum absolute atomic E-state index is 12.9. The number of ether oxygens (including phenoxy) is 1. The maximum atomic E-state index is 12.9. The summed E-state index contributed by atoms with van der Waals surface area (Å²) >= 11 is 0. The van der Waals surface area contributed by atoms with Gasteiger partial charge in [0.1, 0.15) is 34.0 Å². The summed E-state index contributed by atoms with van der Waals surface area (Å²) in [7, 11) is 0. The fourth-order valence-corrected chi connectivity index (χ4v) is 3.93. The molecule has 1 aliphatic rings. The van der Waals surface area contributed by atoms with Crippen molar-refractivity contribution in [2.24, 2.45) is 0 Å². The van der Waals surface area contributed by atoms with E-state index in [4.69, 9.17) is 9.15 Å². The number of benzene rings is 3. The van der Waals surface area contributed by atoms with Crippen LogP contribution in [0.15, 0.2) is 75.9 Å². The summed E-state index contributed by atoms with van der Waals surface area (Å²) in [6, 6.07) is 18.3. The van der Waals surface area contributed by atoms with E-state index in [9.17, 15) is 19.8 Å². The summed E-state index contributed by atoms with van der Waals surface area (Å²) in [6.07, 6.45) is 0.00953. The number of fused-ring (bicyclic) bond motifs is 3. The van der Waals surface area contributed by atoms with Gasteiger partial charge in [-0.3, -0.25) is 9.59 Å². The Bertz CT molecular complexity index is 1350. The third-order valence-electron chi connectivity index (χ3n) is 5.26. The summed E-state index contributed by atoms with van der Waals surface area (Å²) < 4.78 is 11.5. The minimum atomic E-state index is -0.509. The molecule has 6 heteroatoms. The molecular weight excluding hydrogens is 384 g/mol. The third-order valence-corrected chi connectivity index (χ3v) is 5.26. The fourth-order valence-electron chi connectivity index (χ4n) is 3.93. The number of carbonyl (C=O) groups excluding carboxylic acids is 1. The quantitative estimate of drug-likeness (QED) is 0.384. The van der Waals surface area contributed by atoms with Crippen molar-refractivity contribution in [1.82, 2.24) is 0 Å². The Morgan fingerprint density at radius 3 is 2.47 bits per heavy atom. The van der Waals surface area contributed by atoms with Gasteiger partial charge >= 0.3 is 5.97 Å². The lowest BCUT2D eigenvalue weighted by molar-refractivity contribution is -0.135. The molecule has 0 unspecified atom stereocenters. The lowest BCUT2D eigenvalue weighted by Gasteiger charge is -2.26. The van der Waals surface area contributed by atoms with E-state index in [0.717, 1.165) is 0 Å². The number of hydrogen-bond donors (Lipinski definition) is 2. The molecule has 2 N–H and O–H groups in total. The molecule has 4 aromatic rings. The second-order valence-electron chi connectivity index (χ2n) is 7.18. The van der Waals surface area contributed by atoms with Gasteiger partial charge in [-0.15, -0.1) is 0 Å². The van der Waals surface area contributed by atoms with Crippen LogP contribution in [-0.2, 0) is 4.79 Å². The maximum Gasteiger partial charge on any atom is 0.312 e. The van der Waals surface area contributed by atoms with E-state index in [0.29, 0.717) is 22.5 Å².